The van der Waals surface area contributed by atoms with Crippen molar-refractivity contribution in [1.29, 1.82) is 0 Å². The van der Waals surface area contributed by atoms with E-state index in [-0.39, 0.29) is 30.0 Å². The topological polar surface area (TPSA) is 85.0 Å². The fourth-order valence-corrected chi connectivity index (χ4v) is 5.41. The number of nitrogens with one attached hydrogen (secondary N) is 1. The van der Waals surface area contributed by atoms with Gasteiger partial charge in [-0.1, -0.05) is 13.8 Å². The van der Waals surface area contributed by atoms with Gasteiger partial charge in [-0.25, -0.2) is 4.98 Å². The SMILES string of the molecule is Cc1ccnn1CC(=O)NC1CC2(CN(C(=O)C3CC(C)(C)C3)C2)n2ccnc21. The van der Waals surface area contributed by atoms with Crippen molar-refractivity contribution in [1.82, 2.24) is 29.5 Å². The quantitative estimate of drug-likeness (QED) is 0.851. The molecule has 0 bridgehead atoms. The van der Waals surface area contributed by atoms with Crippen molar-refractivity contribution >= 4 is 11.8 Å². The molecule has 1 unspecified atom stereocenters. The lowest BCUT2D eigenvalue weighted by Crippen LogP contribution is -2.65. The van der Waals surface area contributed by atoms with Gasteiger partial charge in [0.25, 0.3) is 0 Å². The van der Waals surface area contributed by atoms with E-state index in [1.165, 1.54) is 0 Å². The van der Waals surface area contributed by atoms with Crippen LogP contribution in [0.1, 0.15) is 50.7 Å². The van der Waals surface area contributed by atoms with E-state index in [0.717, 1.165) is 30.8 Å². The number of hydrogen-bond acceptors (Lipinski definition) is 4. The predicted octanol–water partition coefficient (Wildman–Crippen LogP) is 1.62. The molecule has 2 fully saturated rings. The lowest BCUT2D eigenvalue weighted by atomic mass is 9.63. The highest BCUT2D eigenvalue weighted by Gasteiger charge is 2.55. The van der Waals surface area contributed by atoms with Crippen molar-refractivity contribution in [2.24, 2.45) is 11.3 Å². The van der Waals surface area contributed by atoms with Crippen molar-refractivity contribution in [3.05, 3.63) is 36.2 Å². The molecule has 1 N–H and O–H groups in total. The van der Waals surface area contributed by atoms with Gasteiger partial charge in [0.05, 0.1) is 11.6 Å². The molecule has 1 aliphatic carbocycles. The summed E-state index contributed by atoms with van der Waals surface area (Å²) in [6, 6.07) is 1.75. The summed E-state index contributed by atoms with van der Waals surface area (Å²) < 4.78 is 3.86. The van der Waals surface area contributed by atoms with Crippen LogP contribution >= 0.6 is 0 Å². The summed E-state index contributed by atoms with van der Waals surface area (Å²) >= 11 is 0. The standard InChI is InChI=1S/C21H28N6O2/c1-14-4-5-23-27(14)11-17(28)24-16-10-21(26-7-6-22-18(16)26)12-25(13-21)19(29)15-8-20(2,3)9-15/h4-7,15-16H,8-13H2,1-3H3,(H,24,28). The highest BCUT2D eigenvalue weighted by atomic mass is 16.2. The second-order valence-electron chi connectivity index (χ2n) is 9.80. The number of amides is 2. The number of rotatable bonds is 4. The molecule has 0 aromatic carbocycles. The minimum Gasteiger partial charge on any atom is -0.344 e. The number of aromatic nitrogens is 4. The molecule has 29 heavy (non-hydrogen) atoms. The minimum absolute atomic E-state index is 0.0719. The Morgan fingerprint density at radius 3 is 2.62 bits per heavy atom. The molecule has 1 spiro atoms. The first-order valence-electron chi connectivity index (χ1n) is 10.4. The van der Waals surface area contributed by atoms with Gasteiger partial charge in [0, 0.05) is 49.7 Å². The number of imidazole rings is 1. The van der Waals surface area contributed by atoms with E-state index in [0.29, 0.717) is 24.4 Å². The summed E-state index contributed by atoms with van der Waals surface area (Å²) in [7, 11) is 0. The molecule has 1 saturated carbocycles. The average Bonchev–Trinajstić information content (AvgIpc) is 3.29. The van der Waals surface area contributed by atoms with Crippen LogP contribution in [0.3, 0.4) is 0 Å². The largest absolute Gasteiger partial charge is 0.344 e. The van der Waals surface area contributed by atoms with Crippen LogP contribution in [0.2, 0.25) is 0 Å². The summed E-state index contributed by atoms with van der Waals surface area (Å²) in [6.07, 6.45) is 8.21. The molecular formula is C21H28N6O2. The Hall–Kier alpha value is -2.64. The van der Waals surface area contributed by atoms with Gasteiger partial charge in [-0.05, 0) is 31.2 Å². The molecule has 8 heteroatoms. The zero-order chi connectivity index (χ0) is 20.4. The van der Waals surface area contributed by atoms with Crippen molar-refractivity contribution in [3.63, 3.8) is 0 Å². The summed E-state index contributed by atoms with van der Waals surface area (Å²) in [5.74, 6) is 1.28. The van der Waals surface area contributed by atoms with Gasteiger partial charge in [-0.2, -0.15) is 5.10 Å². The zero-order valence-corrected chi connectivity index (χ0v) is 17.3. The van der Waals surface area contributed by atoms with Crippen LogP contribution in [0, 0.1) is 18.3 Å². The molecule has 2 aliphatic heterocycles. The number of hydrogen-bond donors (Lipinski definition) is 1. The fraction of sp³-hybridized carbons (Fsp3) is 0.619. The fourth-order valence-electron chi connectivity index (χ4n) is 5.41. The molecule has 1 saturated heterocycles. The molecule has 2 aromatic heterocycles. The Bertz CT molecular complexity index is 959. The van der Waals surface area contributed by atoms with E-state index in [4.69, 9.17) is 0 Å². The maximum Gasteiger partial charge on any atom is 0.242 e. The van der Waals surface area contributed by atoms with Crippen molar-refractivity contribution < 1.29 is 9.59 Å². The van der Waals surface area contributed by atoms with E-state index < -0.39 is 0 Å². The maximum absolute atomic E-state index is 12.8. The van der Waals surface area contributed by atoms with Crippen LogP contribution in [0.5, 0.6) is 0 Å². The zero-order valence-electron chi connectivity index (χ0n) is 17.3. The van der Waals surface area contributed by atoms with Gasteiger partial charge >= 0.3 is 0 Å². The van der Waals surface area contributed by atoms with E-state index in [9.17, 15) is 9.59 Å². The van der Waals surface area contributed by atoms with Crippen molar-refractivity contribution in [2.75, 3.05) is 13.1 Å². The van der Waals surface area contributed by atoms with Crippen LogP contribution in [0.4, 0.5) is 0 Å². The first-order valence-corrected chi connectivity index (χ1v) is 10.4. The molecule has 5 rings (SSSR count). The number of fused-ring (bicyclic) bond motifs is 2. The summed E-state index contributed by atoms with van der Waals surface area (Å²) in [4.78, 5) is 31.8. The number of aryl methyl sites for hydroxylation is 1. The smallest absolute Gasteiger partial charge is 0.242 e. The Morgan fingerprint density at radius 1 is 1.21 bits per heavy atom. The Morgan fingerprint density at radius 2 is 1.97 bits per heavy atom. The lowest BCUT2D eigenvalue weighted by molar-refractivity contribution is -0.153. The van der Waals surface area contributed by atoms with Crippen molar-refractivity contribution in [2.45, 2.75) is 58.2 Å². The Labute approximate surface area is 170 Å². The van der Waals surface area contributed by atoms with Gasteiger partial charge in [-0.3, -0.25) is 14.3 Å². The number of nitrogens with zero attached hydrogens (tertiary/aromatic N) is 5. The second kappa shape index (κ2) is 6.18. The highest BCUT2D eigenvalue weighted by Crippen LogP contribution is 2.49. The van der Waals surface area contributed by atoms with Crippen molar-refractivity contribution in [3.8, 4) is 0 Å². The van der Waals surface area contributed by atoms with Gasteiger partial charge in [0.1, 0.15) is 12.4 Å². The van der Waals surface area contributed by atoms with Crippen LogP contribution in [0.15, 0.2) is 24.7 Å². The van der Waals surface area contributed by atoms with Gasteiger partial charge in [-0.15, -0.1) is 0 Å². The Balaban J connectivity index is 1.23. The molecule has 3 aliphatic rings. The Kier molecular flexibility index (Phi) is 3.92. The molecule has 154 valence electrons. The third-order valence-corrected chi connectivity index (χ3v) is 6.86. The number of carbonyl (C=O) groups is 2. The summed E-state index contributed by atoms with van der Waals surface area (Å²) in [5, 5.41) is 7.30. The van der Waals surface area contributed by atoms with Crippen LogP contribution in [-0.4, -0.2) is 49.1 Å². The molecule has 4 heterocycles. The molecule has 2 aromatic rings. The first-order chi connectivity index (χ1) is 13.8. The predicted molar refractivity (Wildman–Crippen MR) is 106 cm³/mol. The summed E-state index contributed by atoms with van der Waals surface area (Å²) in [6.45, 7) is 7.99. The van der Waals surface area contributed by atoms with E-state index in [2.05, 4.69) is 33.8 Å². The van der Waals surface area contributed by atoms with Gasteiger partial charge < -0.3 is 14.8 Å². The van der Waals surface area contributed by atoms with Crippen LogP contribution in [0.25, 0.3) is 0 Å². The van der Waals surface area contributed by atoms with Gasteiger partial charge in [0.2, 0.25) is 11.8 Å². The lowest BCUT2D eigenvalue weighted by Gasteiger charge is -2.52. The minimum atomic E-state index is -0.139. The molecular weight excluding hydrogens is 368 g/mol. The molecule has 8 nitrogen and oxygen atoms in total. The maximum atomic E-state index is 12.8. The number of likely N-dealkylation sites (tertiary alicyclic amines) is 1. The molecule has 1 atom stereocenters. The molecule has 2 amide bonds. The first kappa shape index (κ1) is 18.4. The van der Waals surface area contributed by atoms with Crippen LogP contribution < -0.4 is 5.32 Å². The third kappa shape index (κ3) is 2.96. The van der Waals surface area contributed by atoms with E-state index in [1.54, 1.807) is 17.1 Å². The second-order valence-corrected chi connectivity index (χ2v) is 9.80. The normalized spacial score (nSPS) is 24.1. The average molecular weight is 396 g/mol. The number of carbonyl (C=O) groups excluding carboxylic acids is 2. The molecule has 0 radical (unpaired) electrons. The monoisotopic (exact) mass is 396 g/mol. The summed E-state index contributed by atoms with van der Waals surface area (Å²) in [5.41, 5.74) is 1.12. The van der Waals surface area contributed by atoms with E-state index >= 15 is 0 Å². The van der Waals surface area contributed by atoms with Gasteiger partial charge in [0.15, 0.2) is 0 Å². The highest BCUT2D eigenvalue weighted by molar-refractivity contribution is 5.81. The third-order valence-electron chi connectivity index (χ3n) is 6.86. The van der Waals surface area contributed by atoms with E-state index in [1.807, 2.05) is 24.1 Å². The van der Waals surface area contributed by atoms with Crippen LogP contribution in [-0.2, 0) is 21.7 Å².